The standard InChI is InChI=1S/C20H22FN3O2/c1-13-18-15(6-4-8-17(18)25)22-19(13)20(26)24-11-9-23(10-12-24)16-7-3-2-5-14(16)21/h2-3,5,7,22H,4,6,8-12H2,1H3. The number of H-pyrrole nitrogens is 1. The molecule has 0 atom stereocenters. The van der Waals surface area contributed by atoms with Crippen LogP contribution in [0.5, 0.6) is 0 Å². The second-order valence-electron chi connectivity index (χ2n) is 6.99. The summed E-state index contributed by atoms with van der Waals surface area (Å²) >= 11 is 0. The maximum absolute atomic E-state index is 14.0. The van der Waals surface area contributed by atoms with Gasteiger partial charge in [0.15, 0.2) is 5.78 Å². The zero-order valence-electron chi connectivity index (χ0n) is 14.8. The number of halogens is 1. The van der Waals surface area contributed by atoms with Gasteiger partial charge in [-0.15, -0.1) is 0 Å². The lowest BCUT2D eigenvalue weighted by Crippen LogP contribution is -2.49. The third kappa shape index (κ3) is 2.79. The number of fused-ring (bicyclic) bond motifs is 1. The van der Waals surface area contributed by atoms with E-state index in [0.29, 0.717) is 49.5 Å². The first-order valence-electron chi connectivity index (χ1n) is 9.09. The highest BCUT2D eigenvalue weighted by atomic mass is 19.1. The van der Waals surface area contributed by atoms with E-state index in [9.17, 15) is 14.0 Å². The molecule has 1 N–H and O–H groups in total. The summed E-state index contributed by atoms with van der Waals surface area (Å²) in [5, 5.41) is 0. The largest absolute Gasteiger partial charge is 0.366 e. The molecule has 1 aromatic heterocycles. The molecule has 2 aliphatic rings. The molecule has 1 saturated heterocycles. The van der Waals surface area contributed by atoms with Gasteiger partial charge < -0.3 is 14.8 Å². The number of carbonyl (C=O) groups excluding carboxylic acids is 2. The van der Waals surface area contributed by atoms with Gasteiger partial charge in [-0.25, -0.2) is 4.39 Å². The summed E-state index contributed by atoms with van der Waals surface area (Å²) < 4.78 is 14.0. The molecule has 0 spiro atoms. The fourth-order valence-corrected chi connectivity index (χ4v) is 4.00. The smallest absolute Gasteiger partial charge is 0.270 e. The van der Waals surface area contributed by atoms with Crippen molar-refractivity contribution in [3.63, 3.8) is 0 Å². The Kier molecular flexibility index (Phi) is 4.26. The molecule has 2 heterocycles. The number of anilines is 1. The number of hydrogen-bond donors (Lipinski definition) is 1. The molecule has 1 fully saturated rings. The molecule has 0 radical (unpaired) electrons. The van der Waals surface area contributed by atoms with Gasteiger partial charge in [-0.05, 0) is 37.5 Å². The van der Waals surface area contributed by atoms with E-state index in [4.69, 9.17) is 0 Å². The number of nitrogens with one attached hydrogen (secondary N) is 1. The van der Waals surface area contributed by atoms with Crippen LogP contribution in [0, 0.1) is 12.7 Å². The Hall–Kier alpha value is -2.63. The molecular formula is C20H22FN3O2. The molecule has 1 amide bonds. The first-order valence-corrected chi connectivity index (χ1v) is 9.09. The predicted molar refractivity (Wildman–Crippen MR) is 97.3 cm³/mol. The van der Waals surface area contributed by atoms with Crippen molar-refractivity contribution < 1.29 is 14.0 Å². The van der Waals surface area contributed by atoms with E-state index in [1.54, 1.807) is 17.0 Å². The highest BCUT2D eigenvalue weighted by Crippen LogP contribution is 2.28. The fourth-order valence-electron chi connectivity index (χ4n) is 4.00. The monoisotopic (exact) mass is 355 g/mol. The van der Waals surface area contributed by atoms with E-state index >= 15 is 0 Å². The zero-order valence-corrected chi connectivity index (χ0v) is 14.8. The second-order valence-corrected chi connectivity index (χ2v) is 6.99. The number of aryl methyl sites for hydroxylation is 1. The van der Waals surface area contributed by atoms with E-state index < -0.39 is 0 Å². The van der Waals surface area contributed by atoms with Crippen LogP contribution in [0.4, 0.5) is 10.1 Å². The molecule has 6 heteroatoms. The molecule has 1 aliphatic carbocycles. The molecule has 1 aliphatic heterocycles. The molecule has 4 rings (SSSR count). The quantitative estimate of drug-likeness (QED) is 0.901. The number of benzene rings is 1. The highest BCUT2D eigenvalue weighted by molar-refractivity contribution is 6.04. The summed E-state index contributed by atoms with van der Waals surface area (Å²) in [5.41, 5.74) is 3.49. The third-order valence-electron chi connectivity index (χ3n) is 5.41. The van der Waals surface area contributed by atoms with Crippen LogP contribution >= 0.6 is 0 Å². The Labute approximate surface area is 151 Å². The number of nitrogens with zero attached hydrogens (tertiary/aromatic N) is 2. The lowest BCUT2D eigenvalue weighted by atomic mass is 9.93. The molecule has 26 heavy (non-hydrogen) atoms. The Balaban J connectivity index is 1.49. The topological polar surface area (TPSA) is 56.4 Å². The van der Waals surface area contributed by atoms with Crippen LogP contribution in [0.15, 0.2) is 24.3 Å². The van der Waals surface area contributed by atoms with E-state index in [2.05, 4.69) is 4.98 Å². The van der Waals surface area contributed by atoms with Crippen LogP contribution in [-0.4, -0.2) is 47.8 Å². The maximum Gasteiger partial charge on any atom is 0.270 e. The molecule has 0 bridgehead atoms. The number of amides is 1. The summed E-state index contributed by atoms with van der Waals surface area (Å²) in [7, 11) is 0. The van der Waals surface area contributed by atoms with Gasteiger partial charge in [0.1, 0.15) is 11.5 Å². The summed E-state index contributed by atoms with van der Waals surface area (Å²) in [6.07, 6.45) is 2.21. The minimum Gasteiger partial charge on any atom is -0.366 e. The van der Waals surface area contributed by atoms with Crippen LogP contribution < -0.4 is 4.90 Å². The van der Waals surface area contributed by atoms with Gasteiger partial charge >= 0.3 is 0 Å². The Morgan fingerprint density at radius 3 is 2.54 bits per heavy atom. The zero-order chi connectivity index (χ0) is 18.3. The minimum absolute atomic E-state index is 0.0714. The summed E-state index contributed by atoms with van der Waals surface area (Å²) in [5.74, 6) is -0.181. The number of hydrogen-bond acceptors (Lipinski definition) is 3. The van der Waals surface area contributed by atoms with Gasteiger partial charge in [0.25, 0.3) is 5.91 Å². The Morgan fingerprint density at radius 2 is 1.85 bits per heavy atom. The first kappa shape index (κ1) is 16.8. The van der Waals surface area contributed by atoms with Crippen molar-refractivity contribution in [2.24, 2.45) is 0 Å². The van der Waals surface area contributed by atoms with Crippen molar-refractivity contribution in [2.75, 3.05) is 31.1 Å². The molecule has 1 aromatic carbocycles. The van der Waals surface area contributed by atoms with Crippen molar-refractivity contribution in [3.05, 3.63) is 52.6 Å². The molecule has 2 aromatic rings. The van der Waals surface area contributed by atoms with Crippen molar-refractivity contribution in [1.29, 1.82) is 0 Å². The Morgan fingerprint density at radius 1 is 1.12 bits per heavy atom. The lowest BCUT2D eigenvalue weighted by molar-refractivity contribution is 0.0740. The molecule has 0 unspecified atom stereocenters. The van der Waals surface area contributed by atoms with Crippen LogP contribution in [-0.2, 0) is 6.42 Å². The molecule has 136 valence electrons. The third-order valence-corrected chi connectivity index (χ3v) is 5.41. The SMILES string of the molecule is Cc1c(C(=O)N2CCN(c3ccccc3F)CC2)[nH]c2c1C(=O)CCC2. The van der Waals surface area contributed by atoms with Gasteiger partial charge in [0, 0.05) is 43.9 Å². The van der Waals surface area contributed by atoms with Crippen LogP contribution in [0.1, 0.15) is 44.9 Å². The highest BCUT2D eigenvalue weighted by Gasteiger charge is 2.30. The van der Waals surface area contributed by atoms with Crippen molar-refractivity contribution >= 4 is 17.4 Å². The van der Waals surface area contributed by atoms with Gasteiger partial charge in [-0.3, -0.25) is 9.59 Å². The number of carbonyl (C=O) groups is 2. The van der Waals surface area contributed by atoms with E-state index in [-0.39, 0.29) is 17.5 Å². The van der Waals surface area contributed by atoms with Crippen molar-refractivity contribution in [1.82, 2.24) is 9.88 Å². The first-order chi connectivity index (χ1) is 12.6. The number of para-hydroxylation sites is 1. The molecule has 0 saturated carbocycles. The fraction of sp³-hybridized carbons (Fsp3) is 0.400. The van der Waals surface area contributed by atoms with Gasteiger partial charge in [0.2, 0.25) is 0 Å². The van der Waals surface area contributed by atoms with Gasteiger partial charge in [-0.2, -0.15) is 0 Å². The van der Waals surface area contributed by atoms with E-state index in [1.807, 2.05) is 17.9 Å². The summed E-state index contributed by atoms with van der Waals surface area (Å²) in [6, 6.07) is 6.72. The normalized spacial score (nSPS) is 17.4. The number of Topliss-reactive ketones (excluding diaryl/α,β-unsaturated/α-hetero) is 1. The van der Waals surface area contributed by atoms with E-state index in [1.165, 1.54) is 6.07 Å². The minimum atomic E-state index is -0.237. The average Bonchev–Trinajstić information content (AvgIpc) is 3.00. The second kappa shape index (κ2) is 6.59. The van der Waals surface area contributed by atoms with Crippen LogP contribution in [0.25, 0.3) is 0 Å². The summed E-state index contributed by atoms with van der Waals surface area (Å²) in [4.78, 5) is 32.1. The predicted octanol–water partition coefficient (Wildman–Crippen LogP) is 2.94. The number of rotatable bonds is 2. The number of aromatic nitrogens is 1. The summed E-state index contributed by atoms with van der Waals surface area (Å²) in [6.45, 7) is 4.09. The van der Waals surface area contributed by atoms with E-state index in [0.717, 1.165) is 24.1 Å². The number of piperazine rings is 1. The van der Waals surface area contributed by atoms with Crippen LogP contribution in [0.2, 0.25) is 0 Å². The molecular weight excluding hydrogens is 333 g/mol. The van der Waals surface area contributed by atoms with Gasteiger partial charge in [-0.1, -0.05) is 12.1 Å². The molecule has 5 nitrogen and oxygen atoms in total. The van der Waals surface area contributed by atoms with Gasteiger partial charge in [0.05, 0.1) is 5.69 Å². The van der Waals surface area contributed by atoms with Crippen LogP contribution in [0.3, 0.4) is 0 Å². The average molecular weight is 355 g/mol. The van der Waals surface area contributed by atoms with Crippen molar-refractivity contribution in [3.8, 4) is 0 Å². The number of ketones is 1. The number of aromatic amines is 1. The Bertz CT molecular complexity index is 866. The lowest BCUT2D eigenvalue weighted by Gasteiger charge is -2.36. The van der Waals surface area contributed by atoms with Crippen molar-refractivity contribution in [2.45, 2.75) is 26.2 Å². The maximum atomic E-state index is 14.0.